The number of rotatable bonds is 1. The number of halogens is 2. The highest BCUT2D eigenvalue weighted by molar-refractivity contribution is 6.35. The molecule has 2 unspecified atom stereocenters. The minimum absolute atomic E-state index is 0.129. The van der Waals surface area contributed by atoms with Gasteiger partial charge < -0.3 is 5.32 Å². The van der Waals surface area contributed by atoms with Crippen molar-refractivity contribution < 1.29 is 4.39 Å². The second-order valence-electron chi connectivity index (χ2n) is 5.41. The average molecular weight is 266 g/mol. The molecule has 1 aromatic carbocycles. The lowest BCUT2D eigenvalue weighted by Gasteiger charge is -2.22. The number of aromatic nitrogens is 2. The Morgan fingerprint density at radius 3 is 3.17 bits per heavy atom. The summed E-state index contributed by atoms with van der Waals surface area (Å²) in [7, 11) is 0. The molecule has 2 fully saturated rings. The maximum atomic E-state index is 13.5. The lowest BCUT2D eigenvalue weighted by Crippen LogP contribution is -2.34. The first kappa shape index (κ1) is 10.8. The first-order valence-electron chi connectivity index (χ1n) is 6.25. The summed E-state index contributed by atoms with van der Waals surface area (Å²) in [5.41, 5.74) is 1.86. The molecule has 4 rings (SSSR count). The highest BCUT2D eigenvalue weighted by Crippen LogP contribution is 2.57. The quantitative estimate of drug-likeness (QED) is 0.832. The molecule has 5 heteroatoms. The molecule has 2 atom stereocenters. The molecular formula is C13H13ClFN3. The Balaban J connectivity index is 1.91. The van der Waals surface area contributed by atoms with Gasteiger partial charge in [-0.25, -0.2) is 4.39 Å². The smallest absolute Gasteiger partial charge is 0.125 e. The molecule has 0 radical (unpaired) electrons. The highest BCUT2D eigenvalue weighted by Gasteiger charge is 2.57. The molecule has 1 aliphatic carbocycles. The first-order valence-corrected chi connectivity index (χ1v) is 6.63. The predicted molar refractivity (Wildman–Crippen MR) is 68.3 cm³/mol. The number of H-pyrrole nitrogens is 1. The Bertz CT molecular complexity index is 638. The third kappa shape index (κ3) is 1.30. The van der Waals surface area contributed by atoms with Crippen LogP contribution in [0.4, 0.5) is 4.39 Å². The number of fused-ring (bicyclic) bond motifs is 2. The molecule has 1 saturated carbocycles. The van der Waals surface area contributed by atoms with Crippen molar-refractivity contribution >= 4 is 22.5 Å². The summed E-state index contributed by atoms with van der Waals surface area (Å²) in [6, 6.07) is 2.86. The lowest BCUT2D eigenvalue weighted by molar-refractivity contribution is 0.441. The molecule has 3 nitrogen and oxygen atoms in total. The summed E-state index contributed by atoms with van der Waals surface area (Å²) in [4.78, 5) is 0. The van der Waals surface area contributed by atoms with E-state index in [2.05, 4.69) is 15.5 Å². The second kappa shape index (κ2) is 3.45. The fourth-order valence-corrected chi connectivity index (χ4v) is 3.63. The lowest BCUT2D eigenvalue weighted by atomic mass is 9.92. The third-order valence-corrected chi connectivity index (χ3v) is 4.71. The number of benzene rings is 1. The van der Waals surface area contributed by atoms with E-state index in [0.29, 0.717) is 16.5 Å². The van der Waals surface area contributed by atoms with Crippen molar-refractivity contribution in [3.8, 4) is 0 Å². The Kier molecular flexibility index (Phi) is 2.07. The molecule has 0 bridgehead atoms. The molecule has 1 aliphatic heterocycles. The fraction of sp³-hybridized carbons (Fsp3) is 0.462. The van der Waals surface area contributed by atoms with Gasteiger partial charge in [0, 0.05) is 17.3 Å². The van der Waals surface area contributed by atoms with Crippen molar-refractivity contribution in [3.05, 3.63) is 28.7 Å². The summed E-state index contributed by atoms with van der Waals surface area (Å²) in [6.45, 7) is 2.02. The van der Waals surface area contributed by atoms with Crippen LogP contribution in [0.5, 0.6) is 0 Å². The number of nitrogens with one attached hydrogen (secondary N) is 2. The molecule has 2 aliphatic rings. The van der Waals surface area contributed by atoms with E-state index in [0.717, 1.165) is 30.6 Å². The molecule has 1 aromatic heterocycles. The van der Waals surface area contributed by atoms with Crippen LogP contribution in [0.2, 0.25) is 5.02 Å². The predicted octanol–water partition coefficient (Wildman–Crippen LogP) is 2.61. The third-order valence-electron chi connectivity index (χ3n) is 4.42. The number of hydrogen-bond donors (Lipinski definition) is 2. The Labute approximate surface area is 109 Å². The van der Waals surface area contributed by atoms with Crippen LogP contribution in [0, 0.1) is 11.7 Å². The van der Waals surface area contributed by atoms with E-state index < -0.39 is 0 Å². The molecule has 0 spiro atoms. The second-order valence-corrected chi connectivity index (χ2v) is 5.81. The maximum absolute atomic E-state index is 13.5. The number of hydrogen-bond acceptors (Lipinski definition) is 2. The van der Waals surface area contributed by atoms with E-state index in [1.165, 1.54) is 12.5 Å². The van der Waals surface area contributed by atoms with Gasteiger partial charge in [-0.1, -0.05) is 11.6 Å². The summed E-state index contributed by atoms with van der Waals surface area (Å²) in [6.07, 6.45) is 2.34. The minimum atomic E-state index is -0.299. The SMILES string of the molecule is Fc1cc(Cl)c2n[nH]c(C34CNCCC3C4)c2c1. The molecule has 2 heterocycles. The largest absolute Gasteiger partial charge is 0.316 e. The zero-order valence-electron chi connectivity index (χ0n) is 9.76. The first-order chi connectivity index (χ1) is 8.71. The van der Waals surface area contributed by atoms with Crippen molar-refractivity contribution in [3.63, 3.8) is 0 Å². The van der Waals surface area contributed by atoms with Crippen molar-refractivity contribution in [2.45, 2.75) is 18.3 Å². The van der Waals surface area contributed by atoms with E-state index in [1.807, 2.05) is 0 Å². The van der Waals surface area contributed by atoms with E-state index >= 15 is 0 Å². The van der Waals surface area contributed by atoms with Crippen molar-refractivity contribution in [1.29, 1.82) is 0 Å². The topological polar surface area (TPSA) is 40.7 Å². The van der Waals surface area contributed by atoms with Crippen molar-refractivity contribution in [2.75, 3.05) is 13.1 Å². The maximum Gasteiger partial charge on any atom is 0.125 e. The van der Waals surface area contributed by atoms with Crippen molar-refractivity contribution in [1.82, 2.24) is 15.5 Å². The van der Waals surface area contributed by atoms with Gasteiger partial charge in [0.1, 0.15) is 11.3 Å². The Morgan fingerprint density at radius 2 is 2.33 bits per heavy atom. The van der Waals surface area contributed by atoms with Gasteiger partial charge in [0.05, 0.1) is 10.7 Å². The van der Waals surface area contributed by atoms with Gasteiger partial charge >= 0.3 is 0 Å². The van der Waals surface area contributed by atoms with E-state index in [9.17, 15) is 4.39 Å². The van der Waals surface area contributed by atoms with Gasteiger partial charge in [0.2, 0.25) is 0 Å². The minimum Gasteiger partial charge on any atom is -0.316 e. The van der Waals surface area contributed by atoms with Crippen LogP contribution >= 0.6 is 11.6 Å². The van der Waals surface area contributed by atoms with E-state index in [1.54, 1.807) is 6.07 Å². The van der Waals surface area contributed by atoms with Crippen LogP contribution in [0.25, 0.3) is 10.9 Å². The molecule has 2 aromatic rings. The molecule has 0 amide bonds. The van der Waals surface area contributed by atoms with E-state index in [4.69, 9.17) is 11.6 Å². The van der Waals surface area contributed by atoms with Gasteiger partial charge in [-0.3, -0.25) is 5.10 Å². The van der Waals surface area contributed by atoms with Crippen LogP contribution in [0.3, 0.4) is 0 Å². The van der Waals surface area contributed by atoms with Crippen LogP contribution in [-0.4, -0.2) is 23.3 Å². The zero-order chi connectivity index (χ0) is 12.3. The van der Waals surface area contributed by atoms with Gasteiger partial charge in [-0.2, -0.15) is 5.10 Å². The monoisotopic (exact) mass is 265 g/mol. The Hall–Kier alpha value is -1.13. The van der Waals surface area contributed by atoms with Gasteiger partial charge in [-0.15, -0.1) is 0 Å². The number of nitrogens with zero attached hydrogens (tertiary/aromatic N) is 1. The summed E-state index contributed by atoms with van der Waals surface area (Å²) < 4.78 is 13.5. The normalized spacial score (nSPS) is 30.4. The molecule has 18 heavy (non-hydrogen) atoms. The zero-order valence-corrected chi connectivity index (χ0v) is 10.5. The van der Waals surface area contributed by atoms with Crippen molar-refractivity contribution in [2.24, 2.45) is 5.92 Å². The number of aromatic amines is 1. The Morgan fingerprint density at radius 1 is 1.44 bits per heavy atom. The summed E-state index contributed by atoms with van der Waals surface area (Å²) in [5, 5.41) is 12.0. The van der Waals surface area contributed by atoms with Crippen LogP contribution < -0.4 is 5.32 Å². The summed E-state index contributed by atoms with van der Waals surface area (Å²) >= 11 is 6.04. The van der Waals surface area contributed by atoms with Gasteiger partial charge in [-0.05, 0) is 37.4 Å². The molecule has 1 saturated heterocycles. The van der Waals surface area contributed by atoms with Gasteiger partial charge in [0.25, 0.3) is 0 Å². The van der Waals surface area contributed by atoms with Crippen LogP contribution in [-0.2, 0) is 5.41 Å². The van der Waals surface area contributed by atoms with E-state index in [-0.39, 0.29) is 11.2 Å². The van der Waals surface area contributed by atoms with Gasteiger partial charge in [0.15, 0.2) is 0 Å². The fourth-order valence-electron chi connectivity index (χ4n) is 3.38. The van der Waals surface area contributed by atoms with Crippen LogP contribution in [0.1, 0.15) is 18.5 Å². The number of piperidine rings is 1. The van der Waals surface area contributed by atoms with Crippen LogP contribution in [0.15, 0.2) is 12.1 Å². The highest BCUT2D eigenvalue weighted by atomic mass is 35.5. The molecule has 94 valence electrons. The molecular weight excluding hydrogens is 253 g/mol. The standard InChI is InChI=1S/C13H13ClFN3/c14-10-4-8(15)3-9-11(10)17-18-12(9)13-5-7(13)1-2-16-6-13/h3-4,7,16H,1-2,5-6H2,(H,17,18). The molecule has 2 N–H and O–H groups in total. The average Bonchev–Trinajstić information content (AvgIpc) is 2.93. The summed E-state index contributed by atoms with van der Waals surface area (Å²) in [5.74, 6) is 0.400.